The lowest BCUT2D eigenvalue weighted by atomic mass is 10.1. The Morgan fingerprint density at radius 2 is 1.90 bits per heavy atom. The van der Waals surface area contributed by atoms with Crippen LogP contribution in [-0.4, -0.2) is 34.1 Å². The predicted octanol–water partition coefficient (Wildman–Crippen LogP) is 4.07. The van der Waals surface area contributed by atoms with Crippen molar-refractivity contribution in [3.05, 3.63) is 63.5 Å². The molecule has 0 aliphatic carbocycles. The van der Waals surface area contributed by atoms with Gasteiger partial charge in [0.15, 0.2) is 5.13 Å². The van der Waals surface area contributed by atoms with E-state index in [0.717, 1.165) is 11.3 Å². The van der Waals surface area contributed by atoms with E-state index in [1.807, 2.05) is 0 Å². The summed E-state index contributed by atoms with van der Waals surface area (Å²) in [6, 6.07) is 10.4. The van der Waals surface area contributed by atoms with Gasteiger partial charge in [-0.25, -0.2) is 9.78 Å². The number of rotatable bonds is 6. The van der Waals surface area contributed by atoms with E-state index < -0.39 is 16.9 Å². The molecule has 2 aromatic carbocycles. The molecule has 0 unspecified atom stereocenters. The summed E-state index contributed by atoms with van der Waals surface area (Å²) in [6.07, 6.45) is -1.25. The minimum atomic E-state index is -1.25. The second-order valence-corrected chi connectivity index (χ2v) is 6.50. The van der Waals surface area contributed by atoms with E-state index in [-0.39, 0.29) is 16.5 Å². The third-order valence-electron chi connectivity index (χ3n) is 3.81. The van der Waals surface area contributed by atoms with Gasteiger partial charge in [-0.1, -0.05) is 0 Å². The van der Waals surface area contributed by atoms with Gasteiger partial charge in [-0.2, -0.15) is 0 Å². The molecule has 29 heavy (non-hydrogen) atoms. The number of nitro groups is 1. The number of carbonyl (C=O) groups is 2. The van der Waals surface area contributed by atoms with Gasteiger partial charge in [0.25, 0.3) is 11.6 Å². The predicted molar refractivity (Wildman–Crippen MR) is 107 cm³/mol. The highest BCUT2D eigenvalue weighted by molar-refractivity contribution is 7.14. The fourth-order valence-electron chi connectivity index (χ4n) is 2.45. The lowest BCUT2D eigenvalue weighted by molar-refractivity contribution is -0.383. The van der Waals surface area contributed by atoms with Crippen LogP contribution in [0.1, 0.15) is 10.4 Å². The number of benzene rings is 2. The standard InChI is InChI=1S/C18H14N4O6S/c1-28-12-5-2-10(3-6-12)16(23)19-13-8-11(4-7-15(13)22(26)27)14-9-29-17(20-14)21-18(24)25/h2-9H,1H3,(H,19,23)(H,20,21)(H,24,25). The topological polar surface area (TPSA) is 144 Å². The number of carboxylic acid groups (broad SMARTS) is 1. The molecular formula is C18H14N4O6S. The second kappa shape index (κ2) is 8.35. The summed E-state index contributed by atoms with van der Waals surface area (Å²) in [5.41, 5.74) is 0.903. The molecule has 0 saturated heterocycles. The molecule has 3 N–H and O–H groups in total. The summed E-state index contributed by atoms with van der Waals surface area (Å²) < 4.78 is 5.04. The smallest absolute Gasteiger partial charge is 0.410 e. The molecular weight excluding hydrogens is 400 g/mol. The van der Waals surface area contributed by atoms with E-state index in [1.165, 1.54) is 37.4 Å². The molecule has 0 spiro atoms. The molecule has 11 heteroatoms. The van der Waals surface area contributed by atoms with E-state index in [2.05, 4.69) is 15.6 Å². The molecule has 1 aromatic heterocycles. The molecule has 0 atom stereocenters. The molecule has 0 aliphatic heterocycles. The number of amides is 2. The number of methoxy groups -OCH3 is 1. The van der Waals surface area contributed by atoms with Crippen LogP contribution in [0.15, 0.2) is 47.8 Å². The van der Waals surface area contributed by atoms with E-state index in [9.17, 15) is 19.7 Å². The van der Waals surface area contributed by atoms with Crippen LogP contribution in [0.3, 0.4) is 0 Å². The highest BCUT2D eigenvalue weighted by Gasteiger charge is 2.19. The number of anilines is 2. The summed E-state index contributed by atoms with van der Waals surface area (Å²) in [4.78, 5) is 38.1. The van der Waals surface area contributed by atoms with Crippen molar-refractivity contribution in [1.29, 1.82) is 0 Å². The van der Waals surface area contributed by atoms with Crippen molar-refractivity contribution in [2.45, 2.75) is 0 Å². The fourth-order valence-corrected chi connectivity index (χ4v) is 3.16. The highest BCUT2D eigenvalue weighted by Crippen LogP contribution is 2.32. The molecule has 10 nitrogen and oxygen atoms in total. The van der Waals surface area contributed by atoms with Gasteiger partial charge in [0.1, 0.15) is 11.4 Å². The molecule has 148 valence electrons. The Morgan fingerprint density at radius 3 is 2.52 bits per heavy atom. The quantitative estimate of drug-likeness (QED) is 0.407. The molecule has 0 radical (unpaired) electrons. The van der Waals surface area contributed by atoms with E-state index in [4.69, 9.17) is 9.84 Å². The molecule has 2 amide bonds. The highest BCUT2D eigenvalue weighted by atomic mass is 32.1. The van der Waals surface area contributed by atoms with Crippen LogP contribution >= 0.6 is 11.3 Å². The van der Waals surface area contributed by atoms with Gasteiger partial charge in [0, 0.05) is 22.6 Å². The first-order valence-electron chi connectivity index (χ1n) is 8.07. The number of nitrogens with zero attached hydrogens (tertiary/aromatic N) is 2. The lowest BCUT2D eigenvalue weighted by Crippen LogP contribution is -2.13. The first-order valence-corrected chi connectivity index (χ1v) is 8.95. The maximum atomic E-state index is 12.5. The first kappa shape index (κ1) is 19.8. The average Bonchev–Trinajstić information content (AvgIpc) is 3.15. The zero-order valence-electron chi connectivity index (χ0n) is 14.9. The van der Waals surface area contributed by atoms with E-state index in [0.29, 0.717) is 22.6 Å². The Hall–Kier alpha value is -3.99. The van der Waals surface area contributed by atoms with Crippen molar-refractivity contribution in [3.8, 4) is 17.0 Å². The molecule has 1 heterocycles. The SMILES string of the molecule is COc1ccc(C(=O)Nc2cc(-c3csc(NC(=O)O)n3)ccc2[N+](=O)[O-])cc1. The van der Waals surface area contributed by atoms with Gasteiger partial charge in [-0.05, 0) is 36.4 Å². The Morgan fingerprint density at radius 1 is 1.17 bits per heavy atom. The number of hydrogen-bond donors (Lipinski definition) is 3. The zero-order chi connectivity index (χ0) is 21.0. The maximum Gasteiger partial charge on any atom is 0.410 e. The van der Waals surface area contributed by atoms with Crippen LogP contribution in [0.5, 0.6) is 5.75 Å². The van der Waals surface area contributed by atoms with Crippen LogP contribution in [0.25, 0.3) is 11.3 Å². The number of hydrogen-bond acceptors (Lipinski definition) is 7. The van der Waals surface area contributed by atoms with Gasteiger partial charge in [0.05, 0.1) is 17.7 Å². The van der Waals surface area contributed by atoms with Crippen molar-refractivity contribution in [1.82, 2.24) is 4.98 Å². The Labute approximate surface area is 167 Å². The number of carbonyl (C=O) groups excluding carboxylic acids is 1. The van der Waals surface area contributed by atoms with Crippen molar-refractivity contribution in [2.24, 2.45) is 0 Å². The molecule has 0 bridgehead atoms. The Kier molecular flexibility index (Phi) is 5.69. The molecule has 3 rings (SSSR count). The van der Waals surface area contributed by atoms with Gasteiger partial charge >= 0.3 is 6.09 Å². The Bertz CT molecular complexity index is 1080. The number of aromatic nitrogens is 1. The van der Waals surface area contributed by atoms with Crippen LogP contribution in [0.2, 0.25) is 0 Å². The first-order chi connectivity index (χ1) is 13.9. The number of ether oxygens (including phenoxy) is 1. The van der Waals surface area contributed by atoms with Crippen molar-refractivity contribution in [2.75, 3.05) is 17.7 Å². The van der Waals surface area contributed by atoms with Crippen LogP contribution < -0.4 is 15.4 Å². The summed E-state index contributed by atoms with van der Waals surface area (Å²) in [5, 5.41) is 26.5. The zero-order valence-corrected chi connectivity index (χ0v) is 15.7. The second-order valence-electron chi connectivity index (χ2n) is 5.64. The summed E-state index contributed by atoms with van der Waals surface area (Å²) >= 11 is 1.07. The Balaban J connectivity index is 1.90. The number of nitro benzene ring substituents is 1. The fraction of sp³-hybridized carbons (Fsp3) is 0.0556. The maximum absolute atomic E-state index is 12.5. The summed E-state index contributed by atoms with van der Waals surface area (Å²) in [6.45, 7) is 0. The minimum absolute atomic E-state index is 0.00550. The third-order valence-corrected chi connectivity index (χ3v) is 4.57. The van der Waals surface area contributed by atoms with Crippen molar-refractivity contribution in [3.63, 3.8) is 0 Å². The minimum Gasteiger partial charge on any atom is -0.497 e. The van der Waals surface area contributed by atoms with E-state index >= 15 is 0 Å². The van der Waals surface area contributed by atoms with Crippen LogP contribution in [0.4, 0.5) is 21.3 Å². The summed E-state index contributed by atoms with van der Waals surface area (Å²) in [7, 11) is 1.50. The van der Waals surface area contributed by atoms with Crippen LogP contribution in [-0.2, 0) is 0 Å². The number of nitrogens with one attached hydrogen (secondary N) is 2. The average molecular weight is 414 g/mol. The molecule has 3 aromatic rings. The van der Waals surface area contributed by atoms with Crippen LogP contribution in [0, 0.1) is 10.1 Å². The third kappa shape index (κ3) is 4.65. The van der Waals surface area contributed by atoms with Crippen molar-refractivity contribution < 1.29 is 24.4 Å². The van der Waals surface area contributed by atoms with Gasteiger partial charge < -0.3 is 15.2 Å². The lowest BCUT2D eigenvalue weighted by Gasteiger charge is -2.08. The van der Waals surface area contributed by atoms with Crippen molar-refractivity contribution >= 4 is 39.8 Å². The largest absolute Gasteiger partial charge is 0.497 e. The molecule has 0 aliphatic rings. The normalized spacial score (nSPS) is 10.2. The van der Waals surface area contributed by atoms with E-state index in [1.54, 1.807) is 17.5 Å². The molecule has 0 fully saturated rings. The van der Waals surface area contributed by atoms with Gasteiger partial charge in [-0.15, -0.1) is 11.3 Å². The van der Waals surface area contributed by atoms with Gasteiger partial charge in [0.2, 0.25) is 0 Å². The van der Waals surface area contributed by atoms with Gasteiger partial charge in [-0.3, -0.25) is 20.2 Å². The number of thiazole rings is 1. The monoisotopic (exact) mass is 414 g/mol. The molecule has 0 saturated carbocycles. The summed E-state index contributed by atoms with van der Waals surface area (Å²) in [5.74, 6) is 0.0447.